The predicted octanol–water partition coefficient (Wildman–Crippen LogP) is 1.80. The Hall–Kier alpha value is -2.13. The number of nitro benzene ring substituents is 1. The number of aromatic hydroxyl groups is 1. The Bertz CT molecular complexity index is 656. The summed E-state index contributed by atoms with van der Waals surface area (Å²) < 4.78 is 5.19. The van der Waals surface area contributed by atoms with Crippen molar-refractivity contribution in [3.8, 4) is 11.5 Å². The minimum atomic E-state index is -0.730. The van der Waals surface area contributed by atoms with Gasteiger partial charge in [0.05, 0.1) is 16.9 Å². The normalized spacial score (nSPS) is 16.4. The Labute approximate surface area is 122 Å². The molecule has 2 rings (SSSR count). The summed E-state index contributed by atoms with van der Waals surface area (Å²) in [5.41, 5.74) is -0.143. The lowest BCUT2D eigenvalue weighted by Crippen LogP contribution is -2.17. The molecular weight excluding hydrogens is 304 g/mol. The van der Waals surface area contributed by atoms with E-state index >= 15 is 0 Å². The molecule has 0 aromatic heterocycles. The van der Waals surface area contributed by atoms with Gasteiger partial charge in [-0.25, -0.2) is 0 Å². The maximum Gasteiger partial charge on any atom is 0.315 e. The summed E-state index contributed by atoms with van der Waals surface area (Å²) in [6, 6.07) is 2.55. The average molecular weight is 312 g/mol. The van der Waals surface area contributed by atoms with Gasteiger partial charge in [0.1, 0.15) is 4.32 Å². The summed E-state index contributed by atoms with van der Waals surface area (Å²) in [7, 11) is 1.28. The van der Waals surface area contributed by atoms with Crippen LogP contribution in [0.25, 0.3) is 6.08 Å². The van der Waals surface area contributed by atoms with Crippen LogP contribution in [0.4, 0.5) is 5.69 Å². The fourth-order valence-corrected chi connectivity index (χ4v) is 2.61. The predicted molar refractivity (Wildman–Crippen MR) is 77.6 cm³/mol. The van der Waals surface area contributed by atoms with Gasteiger partial charge in [0.25, 0.3) is 5.91 Å². The summed E-state index contributed by atoms with van der Waals surface area (Å²) >= 11 is 5.90. The number of hydrogen-bond acceptors (Lipinski definition) is 7. The Morgan fingerprint density at radius 2 is 2.25 bits per heavy atom. The fraction of sp³-hybridized carbons (Fsp3) is 0.0909. The molecule has 0 radical (unpaired) electrons. The molecule has 1 aromatic carbocycles. The van der Waals surface area contributed by atoms with Crippen LogP contribution < -0.4 is 10.1 Å². The number of carbonyl (C=O) groups excluding carboxylic acids is 1. The molecule has 0 unspecified atom stereocenters. The minimum Gasteiger partial charge on any atom is -0.500 e. The molecule has 0 saturated carbocycles. The number of benzene rings is 1. The Balaban J connectivity index is 2.50. The minimum absolute atomic E-state index is 0.0444. The molecular formula is C11H8N2O5S2. The average Bonchev–Trinajstić information content (AvgIpc) is 2.69. The van der Waals surface area contributed by atoms with Crippen LogP contribution in [0.1, 0.15) is 5.56 Å². The van der Waals surface area contributed by atoms with Gasteiger partial charge >= 0.3 is 5.69 Å². The van der Waals surface area contributed by atoms with Crippen LogP contribution in [0.3, 0.4) is 0 Å². The van der Waals surface area contributed by atoms with E-state index in [4.69, 9.17) is 17.0 Å². The second-order valence-corrected chi connectivity index (χ2v) is 5.42. The number of carbonyl (C=O) groups is 1. The molecule has 0 atom stereocenters. The number of nitrogens with one attached hydrogen (secondary N) is 1. The molecule has 0 aliphatic carbocycles. The number of rotatable bonds is 3. The second-order valence-electron chi connectivity index (χ2n) is 3.70. The van der Waals surface area contributed by atoms with E-state index in [2.05, 4.69) is 5.32 Å². The molecule has 0 spiro atoms. The number of methoxy groups -OCH3 is 1. The third kappa shape index (κ3) is 2.73. The van der Waals surface area contributed by atoms with E-state index in [9.17, 15) is 20.0 Å². The zero-order chi connectivity index (χ0) is 14.9. The number of hydrogen-bond donors (Lipinski definition) is 2. The number of amides is 1. The van der Waals surface area contributed by atoms with E-state index in [0.29, 0.717) is 14.8 Å². The lowest BCUT2D eigenvalue weighted by Gasteiger charge is -2.05. The molecule has 2 N–H and O–H groups in total. The first-order chi connectivity index (χ1) is 9.42. The first kappa shape index (κ1) is 14.3. The molecule has 9 heteroatoms. The summed E-state index contributed by atoms with van der Waals surface area (Å²) in [4.78, 5) is 22.0. The van der Waals surface area contributed by atoms with Crippen molar-refractivity contribution in [2.45, 2.75) is 0 Å². The first-order valence-corrected chi connectivity index (χ1v) is 6.45. The Morgan fingerprint density at radius 3 is 2.75 bits per heavy atom. The van der Waals surface area contributed by atoms with Gasteiger partial charge in [-0.1, -0.05) is 24.0 Å². The highest BCUT2D eigenvalue weighted by atomic mass is 32.2. The van der Waals surface area contributed by atoms with Gasteiger partial charge < -0.3 is 15.2 Å². The van der Waals surface area contributed by atoms with Crippen molar-refractivity contribution in [1.29, 1.82) is 0 Å². The van der Waals surface area contributed by atoms with Crippen molar-refractivity contribution in [2.24, 2.45) is 0 Å². The highest BCUT2D eigenvalue weighted by molar-refractivity contribution is 8.26. The maximum atomic E-state index is 11.5. The number of phenols is 1. The van der Waals surface area contributed by atoms with Crippen molar-refractivity contribution in [2.75, 3.05) is 7.11 Å². The summed E-state index contributed by atoms with van der Waals surface area (Å²) in [5.74, 6) is -0.967. The second kappa shape index (κ2) is 5.47. The van der Waals surface area contributed by atoms with Gasteiger partial charge in [0.2, 0.25) is 5.75 Å². The topological polar surface area (TPSA) is 102 Å². The van der Waals surface area contributed by atoms with Crippen LogP contribution in [0.15, 0.2) is 17.0 Å². The van der Waals surface area contributed by atoms with Gasteiger partial charge in [-0.2, -0.15) is 0 Å². The van der Waals surface area contributed by atoms with Crippen LogP contribution in [0.2, 0.25) is 0 Å². The molecule has 1 fully saturated rings. The fourth-order valence-electron chi connectivity index (χ4n) is 1.56. The molecule has 1 aromatic rings. The van der Waals surface area contributed by atoms with Crippen LogP contribution in [0.5, 0.6) is 11.5 Å². The smallest absolute Gasteiger partial charge is 0.315 e. The van der Waals surface area contributed by atoms with Crippen LogP contribution in [0, 0.1) is 10.1 Å². The zero-order valence-corrected chi connectivity index (χ0v) is 11.7. The highest BCUT2D eigenvalue weighted by Crippen LogP contribution is 2.38. The summed E-state index contributed by atoms with van der Waals surface area (Å²) in [6.45, 7) is 0. The van der Waals surface area contributed by atoms with Gasteiger partial charge in [0.15, 0.2) is 5.75 Å². The van der Waals surface area contributed by atoms with Crippen molar-refractivity contribution in [3.63, 3.8) is 0 Å². The number of nitro groups is 1. The van der Waals surface area contributed by atoms with Crippen molar-refractivity contribution < 1.29 is 19.6 Å². The quantitative estimate of drug-likeness (QED) is 0.380. The lowest BCUT2D eigenvalue weighted by atomic mass is 10.1. The Kier molecular flexibility index (Phi) is 3.91. The van der Waals surface area contributed by atoms with E-state index < -0.39 is 16.4 Å². The molecule has 1 aliphatic heterocycles. The van der Waals surface area contributed by atoms with E-state index in [0.717, 1.165) is 17.8 Å². The van der Waals surface area contributed by atoms with E-state index in [-0.39, 0.29) is 11.7 Å². The first-order valence-electron chi connectivity index (χ1n) is 5.22. The van der Waals surface area contributed by atoms with E-state index in [1.165, 1.54) is 19.3 Å². The van der Waals surface area contributed by atoms with Gasteiger partial charge in [-0.3, -0.25) is 14.9 Å². The van der Waals surface area contributed by atoms with E-state index in [1.54, 1.807) is 0 Å². The number of nitrogens with zero attached hydrogens (tertiary/aromatic N) is 1. The third-order valence-corrected chi connectivity index (χ3v) is 3.60. The standard InChI is InChI=1S/C11H8N2O5S2/c1-18-7-3-5(2-6(9(7)14)13(16)17)4-8-10(15)12-11(19)20-8/h2-4,14H,1H3,(H,12,15,19). The molecule has 0 bridgehead atoms. The van der Waals surface area contributed by atoms with Crippen molar-refractivity contribution in [1.82, 2.24) is 5.32 Å². The van der Waals surface area contributed by atoms with Crippen LogP contribution >= 0.6 is 24.0 Å². The molecule has 104 valence electrons. The van der Waals surface area contributed by atoms with Gasteiger partial charge in [0, 0.05) is 6.07 Å². The number of ether oxygens (including phenoxy) is 1. The molecule has 20 heavy (non-hydrogen) atoms. The van der Waals surface area contributed by atoms with Crippen LogP contribution in [-0.2, 0) is 4.79 Å². The molecule has 7 nitrogen and oxygen atoms in total. The molecule has 1 aliphatic rings. The third-order valence-electron chi connectivity index (χ3n) is 2.43. The van der Waals surface area contributed by atoms with Gasteiger partial charge in [-0.15, -0.1) is 0 Å². The highest BCUT2D eigenvalue weighted by Gasteiger charge is 2.24. The largest absolute Gasteiger partial charge is 0.500 e. The van der Waals surface area contributed by atoms with E-state index in [1.807, 2.05) is 0 Å². The summed E-state index contributed by atoms with van der Waals surface area (Å²) in [6.07, 6.45) is 1.44. The number of phenolic OH excluding ortho intramolecular Hbond substituents is 1. The lowest BCUT2D eigenvalue weighted by molar-refractivity contribution is -0.386. The number of thiocarbonyl (C=S) groups is 1. The molecule has 1 amide bonds. The van der Waals surface area contributed by atoms with Crippen LogP contribution in [-0.4, -0.2) is 27.4 Å². The van der Waals surface area contributed by atoms with Crippen molar-refractivity contribution >= 4 is 46.0 Å². The zero-order valence-electron chi connectivity index (χ0n) is 10.1. The summed E-state index contributed by atoms with van der Waals surface area (Å²) in [5, 5.41) is 22.9. The maximum absolute atomic E-state index is 11.5. The van der Waals surface area contributed by atoms with Gasteiger partial charge in [-0.05, 0) is 17.7 Å². The SMILES string of the molecule is COc1cc(C=C2SC(=S)NC2=O)cc([N+](=O)[O-])c1O. The molecule has 1 saturated heterocycles. The monoisotopic (exact) mass is 312 g/mol. The molecule has 1 heterocycles. The Morgan fingerprint density at radius 1 is 1.55 bits per heavy atom. The number of thioether (sulfide) groups is 1. The van der Waals surface area contributed by atoms with Crippen molar-refractivity contribution in [3.05, 3.63) is 32.7 Å².